The Balaban J connectivity index is 2.04. The number of rotatable bonds is 4. The van der Waals surface area contributed by atoms with Gasteiger partial charge in [0.25, 0.3) is 11.6 Å². The van der Waals surface area contributed by atoms with Crippen LogP contribution in [0.3, 0.4) is 0 Å². The highest BCUT2D eigenvalue weighted by Crippen LogP contribution is 2.15. The van der Waals surface area contributed by atoms with Crippen molar-refractivity contribution in [3.05, 3.63) is 72.6 Å². The van der Waals surface area contributed by atoms with E-state index >= 15 is 0 Å². The number of allylic oxidation sites excluding steroid dienone is 1. The summed E-state index contributed by atoms with van der Waals surface area (Å²) in [6.07, 6.45) is 3.61. The van der Waals surface area contributed by atoms with Gasteiger partial charge < -0.3 is 17.9 Å². The fraction of sp³-hybridized carbons (Fsp3) is 0.111. The third-order valence-electron chi connectivity index (χ3n) is 3.64. The largest absolute Gasteiger partial charge is 0.733 e. The molecule has 1 amide bonds. The number of carbonyl (C=O) groups is 1. The van der Waals surface area contributed by atoms with E-state index in [9.17, 15) is 4.79 Å². The summed E-state index contributed by atoms with van der Waals surface area (Å²) in [5.41, 5.74) is 3.21. The van der Waals surface area contributed by atoms with E-state index < -0.39 is 0 Å². The number of fused-ring (bicyclic) bond motifs is 1. The molecule has 2 heterocycles. The average Bonchev–Trinajstić information content (AvgIpc) is 2.83. The van der Waals surface area contributed by atoms with Gasteiger partial charge in [-0.1, -0.05) is 36.4 Å². The molecule has 0 aliphatic carbocycles. The number of carbonyl (C=O) groups excluding carboxylic acids is 1. The van der Waals surface area contributed by atoms with Crippen molar-refractivity contribution in [2.24, 2.45) is 0 Å². The molecule has 0 saturated carbocycles. The maximum Gasteiger partial charge on any atom is 0.298 e. The second kappa shape index (κ2) is 6.22. The van der Waals surface area contributed by atoms with Crippen molar-refractivity contribution < 1.29 is 9.36 Å². The predicted octanol–water partition coefficient (Wildman–Crippen LogP) is 2.88. The van der Waals surface area contributed by atoms with Crippen LogP contribution in [0.2, 0.25) is 0 Å². The van der Waals surface area contributed by atoms with Crippen molar-refractivity contribution in [2.45, 2.75) is 18.5 Å². The Labute approximate surface area is 140 Å². The number of hydrogen-bond donors (Lipinski definition) is 1. The summed E-state index contributed by atoms with van der Waals surface area (Å²) < 4.78 is 3.71. The smallest absolute Gasteiger partial charge is 0.298 e. The maximum atomic E-state index is 12.7. The Hall–Kier alpha value is -2.66. The lowest BCUT2D eigenvalue weighted by Crippen LogP contribution is -2.34. The molecule has 0 fully saturated rings. The molecule has 3 rings (SSSR count). The van der Waals surface area contributed by atoms with Gasteiger partial charge in [0, 0.05) is 16.8 Å². The lowest BCUT2D eigenvalue weighted by atomic mass is 10.2. The molecule has 0 bridgehead atoms. The van der Waals surface area contributed by atoms with Crippen molar-refractivity contribution in [3.63, 3.8) is 0 Å². The Bertz CT molecular complexity index is 881. The van der Waals surface area contributed by atoms with E-state index in [0.29, 0.717) is 17.3 Å². The lowest BCUT2D eigenvalue weighted by molar-refractivity contribution is -0.696. The van der Waals surface area contributed by atoms with Gasteiger partial charge in [0.05, 0.1) is 6.20 Å². The summed E-state index contributed by atoms with van der Waals surface area (Å²) in [7, 11) is 0. The molecule has 0 radical (unpaired) electrons. The number of imidazole rings is 1. The van der Waals surface area contributed by atoms with E-state index in [1.807, 2.05) is 64.6 Å². The van der Waals surface area contributed by atoms with Crippen LogP contribution < -0.4 is 9.88 Å². The summed E-state index contributed by atoms with van der Waals surface area (Å²) in [5.74, 6) is -0.220. The molecular weight excluding hydrogens is 306 g/mol. The van der Waals surface area contributed by atoms with E-state index in [1.165, 1.54) is 0 Å². The molecule has 4 nitrogen and oxygen atoms in total. The molecule has 23 heavy (non-hydrogen) atoms. The van der Waals surface area contributed by atoms with Crippen LogP contribution >= 0.6 is 0 Å². The van der Waals surface area contributed by atoms with Crippen molar-refractivity contribution in [1.82, 2.24) is 4.40 Å². The second-order valence-electron chi connectivity index (χ2n) is 5.30. The Morgan fingerprint density at radius 1 is 1.30 bits per heavy atom. The third kappa shape index (κ3) is 2.83. The fourth-order valence-corrected chi connectivity index (χ4v) is 2.88. The molecule has 1 aromatic carbocycles. The first-order chi connectivity index (χ1) is 11.1. The molecule has 2 aromatic heterocycles. The van der Waals surface area contributed by atoms with Crippen LogP contribution in [0.15, 0.2) is 66.3 Å². The van der Waals surface area contributed by atoms with Crippen molar-refractivity contribution in [2.75, 3.05) is 5.32 Å². The number of anilines is 1. The van der Waals surface area contributed by atoms with Gasteiger partial charge in [-0.25, -0.2) is 4.57 Å². The summed E-state index contributed by atoms with van der Waals surface area (Å²) in [5, 5.41) is 3.41. The van der Waals surface area contributed by atoms with Gasteiger partial charge in [0.15, 0.2) is 0 Å². The maximum absolute atomic E-state index is 12.7. The summed E-state index contributed by atoms with van der Waals surface area (Å²) in [4.78, 5) is 12.7. The van der Waals surface area contributed by atoms with Gasteiger partial charge >= 0.3 is 0 Å². The highest BCUT2D eigenvalue weighted by atomic mass is 32.1. The van der Waals surface area contributed by atoms with Crippen LogP contribution in [0, 0.1) is 6.92 Å². The van der Waals surface area contributed by atoms with E-state index in [2.05, 4.69) is 11.9 Å². The zero-order chi connectivity index (χ0) is 16.4. The number of nitrogens with one attached hydrogen (secondary N) is 1. The minimum absolute atomic E-state index is 0.220. The predicted molar refractivity (Wildman–Crippen MR) is 92.6 cm³/mol. The summed E-state index contributed by atoms with van der Waals surface area (Å²) in [6.45, 7) is 6.32. The first-order valence-corrected chi connectivity index (χ1v) is 7.71. The van der Waals surface area contributed by atoms with Gasteiger partial charge in [-0.3, -0.25) is 4.79 Å². The highest BCUT2D eigenvalue weighted by molar-refractivity contribution is 7.58. The standard InChI is InChI=1S/C18H17N3OS/c1-3-11-21-15-6-4-5-12-20(15)16(18(21)23)17(22)19-14-9-7-13(2)8-10-14/h3-10,12H,1,11H2,2H3,(H-,19,22,23). The van der Waals surface area contributed by atoms with E-state index in [-0.39, 0.29) is 5.91 Å². The lowest BCUT2D eigenvalue weighted by Gasteiger charge is -2.07. The number of amides is 1. The van der Waals surface area contributed by atoms with Crippen LogP contribution in [-0.4, -0.2) is 10.3 Å². The van der Waals surface area contributed by atoms with E-state index in [0.717, 1.165) is 16.9 Å². The third-order valence-corrected chi connectivity index (χ3v) is 4.05. The summed E-state index contributed by atoms with van der Waals surface area (Å²) >= 11 is 5.51. The number of hydrogen-bond acceptors (Lipinski definition) is 2. The number of benzene rings is 1. The molecule has 0 saturated heterocycles. The Kier molecular flexibility index (Phi) is 4.12. The van der Waals surface area contributed by atoms with Crippen molar-refractivity contribution in [1.29, 1.82) is 0 Å². The molecule has 0 spiro atoms. The quantitative estimate of drug-likeness (QED) is 0.455. The van der Waals surface area contributed by atoms with Gasteiger partial charge in [-0.2, -0.15) is 4.40 Å². The number of pyridine rings is 1. The van der Waals surface area contributed by atoms with Crippen molar-refractivity contribution in [3.8, 4) is 0 Å². The molecule has 5 heteroatoms. The monoisotopic (exact) mass is 323 g/mol. The van der Waals surface area contributed by atoms with Crippen LogP contribution in [0.25, 0.3) is 5.65 Å². The first kappa shape index (κ1) is 15.2. The molecule has 0 aliphatic heterocycles. The van der Waals surface area contributed by atoms with E-state index in [4.69, 9.17) is 12.6 Å². The van der Waals surface area contributed by atoms with Gasteiger partial charge in [-0.15, -0.1) is 0 Å². The van der Waals surface area contributed by atoms with E-state index in [1.54, 1.807) is 6.08 Å². The highest BCUT2D eigenvalue weighted by Gasteiger charge is 2.23. The van der Waals surface area contributed by atoms with Gasteiger partial charge in [-0.05, 0) is 25.1 Å². The molecule has 0 unspecified atom stereocenters. The zero-order valence-electron chi connectivity index (χ0n) is 12.8. The van der Waals surface area contributed by atoms with Crippen LogP contribution in [0.4, 0.5) is 5.69 Å². The SMILES string of the molecule is C=CC[n+]1c([S-])c(C(=O)Nc2ccc(C)cc2)n2ccccc21. The van der Waals surface area contributed by atoms with Crippen molar-refractivity contribution >= 4 is 29.9 Å². The minimum atomic E-state index is -0.220. The first-order valence-electron chi connectivity index (χ1n) is 7.30. The van der Waals surface area contributed by atoms with Gasteiger partial charge in [0.1, 0.15) is 6.54 Å². The molecular formula is C18H17N3OS. The molecule has 0 aliphatic rings. The molecule has 0 atom stereocenters. The average molecular weight is 323 g/mol. The van der Waals surface area contributed by atoms with Crippen LogP contribution in [-0.2, 0) is 19.2 Å². The van der Waals surface area contributed by atoms with Gasteiger partial charge in [0.2, 0.25) is 5.69 Å². The molecule has 116 valence electrons. The zero-order valence-corrected chi connectivity index (χ0v) is 13.6. The number of aromatic nitrogens is 2. The topological polar surface area (TPSA) is 37.4 Å². The minimum Gasteiger partial charge on any atom is -0.733 e. The molecule has 3 aromatic rings. The summed E-state index contributed by atoms with van der Waals surface area (Å²) in [6, 6.07) is 13.4. The normalized spacial score (nSPS) is 10.7. The Morgan fingerprint density at radius 2 is 2.04 bits per heavy atom. The number of nitrogens with zero attached hydrogens (tertiary/aromatic N) is 2. The molecule has 1 N–H and O–H groups in total. The van der Waals surface area contributed by atoms with Crippen LogP contribution in [0.5, 0.6) is 0 Å². The second-order valence-corrected chi connectivity index (χ2v) is 5.69. The Morgan fingerprint density at radius 3 is 2.74 bits per heavy atom. The fourth-order valence-electron chi connectivity index (χ4n) is 2.52. The van der Waals surface area contributed by atoms with Crippen LogP contribution in [0.1, 0.15) is 16.1 Å². The number of aryl methyl sites for hydroxylation is 1.